The maximum atomic E-state index is 12.2. The first-order valence-corrected chi connectivity index (χ1v) is 6.41. The fraction of sp³-hybridized carbons (Fsp3) is 0.214. The Kier molecular flexibility index (Phi) is 4.06. The van der Waals surface area contributed by atoms with Crippen molar-refractivity contribution in [3.05, 3.63) is 42.1 Å². The largest absolute Gasteiger partial charge is 0.393 e. The van der Waals surface area contributed by atoms with Gasteiger partial charge >= 0.3 is 0 Å². The standard InChI is InChI=1S/C14H15N3OS/c1-9(13(15)19)8-17-14(18)11-6-7-16-12-5-3-2-4-10(11)12/h2-7,9H,8H2,1H3,(H2,15,19)(H,17,18). The number of pyridine rings is 1. The number of rotatable bonds is 4. The fourth-order valence-corrected chi connectivity index (χ4v) is 1.82. The zero-order valence-corrected chi connectivity index (χ0v) is 11.4. The van der Waals surface area contributed by atoms with Crippen LogP contribution in [0.2, 0.25) is 0 Å². The van der Waals surface area contributed by atoms with Gasteiger partial charge in [-0.2, -0.15) is 0 Å². The van der Waals surface area contributed by atoms with E-state index in [-0.39, 0.29) is 11.8 Å². The zero-order valence-electron chi connectivity index (χ0n) is 10.6. The maximum absolute atomic E-state index is 12.2. The highest BCUT2D eigenvalue weighted by molar-refractivity contribution is 7.80. The second-order valence-corrected chi connectivity index (χ2v) is 4.86. The summed E-state index contributed by atoms with van der Waals surface area (Å²) in [5.41, 5.74) is 6.94. The highest BCUT2D eigenvalue weighted by atomic mass is 32.1. The van der Waals surface area contributed by atoms with Crippen LogP contribution in [0.3, 0.4) is 0 Å². The van der Waals surface area contributed by atoms with Gasteiger partial charge in [0.15, 0.2) is 0 Å². The molecule has 1 heterocycles. The van der Waals surface area contributed by atoms with Crippen LogP contribution in [0.1, 0.15) is 17.3 Å². The molecule has 1 atom stereocenters. The smallest absolute Gasteiger partial charge is 0.252 e. The van der Waals surface area contributed by atoms with E-state index in [1.807, 2.05) is 31.2 Å². The quantitative estimate of drug-likeness (QED) is 0.835. The monoisotopic (exact) mass is 273 g/mol. The molecule has 1 aromatic carbocycles. The van der Waals surface area contributed by atoms with Gasteiger partial charge in [0.25, 0.3) is 5.91 Å². The molecule has 2 aromatic rings. The predicted molar refractivity (Wildman–Crippen MR) is 80.0 cm³/mol. The van der Waals surface area contributed by atoms with Crippen molar-refractivity contribution in [1.29, 1.82) is 0 Å². The minimum atomic E-state index is -0.137. The summed E-state index contributed by atoms with van der Waals surface area (Å²) in [5.74, 6) is -0.159. The van der Waals surface area contributed by atoms with Crippen molar-refractivity contribution in [2.75, 3.05) is 6.54 Å². The zero-order chi connectivity index (χ0) is 13.8. The number of hydrogen-bond acceptors (Lipinski definition) is 3. The van der Waals surface area contributed by atoms with E-state index in [1.165, 1.54) is 0 Å². The van der Waals surface area contributed by atoms with Gasteiger partial charge in [-0.15, -0.1) is 0 Å². The van der Waals surface area contributed by atoms with Crippen LogP contribution in [0.4, 0.5) is 0 Å². The molecule has 98 valence electrons. The predicted octanol–water partition coefficient (Wildman–Crippen LogP) is 1.89. The third-order valence-corrected chi connectivity index (χ3v) is 3.35. The van der Waals surface area contributed by atoms with Gasteiger partial charge in [-0.3, -0.25) is 9.78 Å². The Morgan fingerprint density at radius 2 is 2.16 bits per heavy atom. The number of hydrogen-bond donors (Lipinski definition) is 2. The SMILES string of the molecule is CC(CNC(=O)c1ccnc2ccccc12)C(N)=S. The van der Waals surface area contributed by atoms with Crippen LogP contribution in [0.25, 0.3) is 10.9 Å². The molecule has 1 amide bonds. The Morgan fingerprint density at radius 3 is 2.89 bits per heavy atom. The number of thiocarbonyl (C=S) groups is 1. The molecule has 3 N–H and O–H groups in total. The van der Waals surface area contributed by atoms with Crippen molar-refractivity contribution < 1.29 is 4.79 Å². The molecular formula is C14H15N3OS. The van der Waals surface area contributed by atoms with Gasteiger partial charge in [0, 0.05) is 24.0 Å². The molecule has 4 nitrogen and oxygen atoms in total. The Hall–Kier alpha value is -2.01. The molecule has 1 unspecified atom stereocenters. The third kappa shape index (κ3) is 3.06. The molecule has 1 aromatic heterocycles. The average molecular weight is 273 g/mol. The lowest BCUT2D eigenvalue weighted by atomic mass is 10.1. The Bertz CT molecular complexity index is 622. The average Bonchev–Trinajstić information content (AvgIpc) is 2.43. The molecular weight excluding hydrogens is 258 g/mol. The summed E-state index contributed by atoms with van der Waals surface area (Å²) in [6, 6.07) is 9.26. The maximum Gasteiger partial charge on any atom is 0.252 e. The van der Waals surface area contributed by atoms with E-state index in [2.05, 4.69) is 10.3 Å². The van der Waals surface area contributed by atoms with Gasteiger partial charge < -0.3 is 11.1 Å². The summed E-state index contributed by atoms with van der Waals surface area (Å²) in [7, 11) is 0. The summed E-state index contributed by atoms with van der Waals surface area (Å²) >= 11 is 4.88. The Labute approximate surface area is 117 Å². The summed E-state index contributed by atoms with van der Waals surface area (Å²) in [5, 5.41) is 3.68. The molecule has 0 aliphatic heterocycles. The van der Waals surface area contributed by atoms with Gasteiger partial charge in [-0.05, 0) is 12.1 Å². The number of nitrogens with two attached hydrogens (primary N) is 1. The van der Waals surface area contributed by atoms with Crippen LogP contribution in [0.5, 0.6) is 0 Å². The molecule has 0 saturated carbocycles. The molecule has 0 radical (unpaired) electrons. The van der Waals surface area contributed by atoms with Crippen molar-refractivity contribution in [2.24, 2.45) is 11.7 Å². The molecule has 0 fully saturated rings. The number of para-hydroxylation sites is 1. The summed E-state index contributed by atoms with van der Waals surface area (Å²) in [6.45, 7) is 2.32. The molecule has 0 spiro atoms. The van der Waals surface area contributed by atoms with Crippen LogP contribution >= 0.6 is 12.2 Å². The lowest BCUT2D eigenvalue weighted by Crippen LogP contribution is -2.33. The van der Waals surface area contributed by atoms with Gasteiger partial charge in [0.05, 0.1) is 16.1 Å². The lowest BCUT2D eigenvalue weighted by molar-refractivity contribution is 0.0953. The molecule has 0 bridgehead atoms. The van der Waals surface area contributed by atoms with Crippen LogP contribution in [-0.2, 0) is 0 Å². The van der Waals surface area contributed by atoms with E-state index in [9.17, 15) is 4.79 Å². The molecule has 0 aliphatic carbocycles. The van der Waals surface area contributed by atoms with Crippen molar-refractivity contribution in [2.45, 2.75) is 6.92 Å². The van der Waals surface area contributed by atoms with Crippen molar-refractivity contribution in [3.8, 4) is 0 Å². The topological polar surface area (TPSA) is 68.0 Å². The fourth-order valence-electron chi connectivity index (χ4n) is 1.74. The first kappa shape index (κ1) is 13.4. The van der Waals surface area contributed by atoms with Crippen LogP contribution < -0.4 is 11.1 Å². The number of nitrogens with zero attached hydrogens (tertiary/aromatic N) is 1. The van der Waals surface area contributed by atoms with E-state index >= 15 is 0 Å². The van der Waals surface area contributed by atoms with E-state index in [4.69, 9.17) is 18.0 Å². The number of aromatic nitrogens is 1. The highest BCUT2D eigenvalue weighted by Crippen LogP contribution is 2.15. The van der Waals surface area contributed by atoms with E-state index < -0.39 is 0 Å². The number of nitrogens with one attached hydrogen (secondary N) is 1. The normalized spacial score (nSPS) is 12.1. The molecule has 0 saturated heterocycles. The highest BCUT2D eigenvalue weighted by Gasteiger charge is 2.12. The summed E-state index contributed by atoms with van der Waals surface area (Å²) in [6.07, 6.45) is 1.63. The first-order valence-electron chi connectivity index (χ1n) is 6.01. The van der Waals surface area contributed by atoms with Crippen molar-refractivity contribution >= 4 is 34.0 Å². The number of carbonyl (C=O) groups is 1. The molecule has 5 heteroatoms. The van der Waals surface area contributed by atoms with Crippen LogP contribution in [-0.4, -0.2) is 22.4 Å². The number of fused-ring (bicyclic) bond motifs is 1. The second kappa shape index (κ2) is 5.75. The minimum Gasteiger partial charge on any atom is -0.393 e. The minimum absolute atomic E-state index is 0.0212. The first-order chi connectivity index (χ1) is 9.09. The van der Waals surface area contributed by atoms with Crippen molar-refractivity contribution in [1.82, 2.24) is 10.3 Å². The van der Waals surface area contributed by atoms with E-state index in [0.717, 1.165) is 10.9 Å². The number of carbonyl (C=O) groups excluding carboxylic acids is 1. The van der Waals surface area contributed by atoms with E-state index in [1.54, 1.807) is 12.3 Å². The summed E-state index contributed by atoms with van der Waals surface area (Å²) < 4.78 is 0. The van der Waals surface area contributed by atoms with Gasteiger partial charge in [0.1, 0.15) is 0 Å². The molecule has 2 rings (SSSR count). The third-order valence-electron chi connectivity index (χ3n) is 2.95. The number of benzene rings is 1. The van der Waals surface area contributed by atoms with Gasteiger partial charge in [-0.25, -0.2) is 0 Å². The van der Waals surface area contributed by atoms with Crippen LogP contribution in [0, 0.1) is 5.92 Å². The van der Waals surface area contributed by atoms with Gasteiger partial charge in [-0.1, -0.05) is 37.3 Å². The second-order valence-electron chi connectivity index (χ2n) is 4.39. The van der Waals surface area contributed by atoms with Crippen LogP contribution in [0.15, 0.2) is 36.5 Å². The number of amides is 1. The Balaban J connectivity index is 2.20. The summed E-state index contributed by atoms with van der Waals surface area (Å²) in [4.78, 5) is 16.8. The Morgan fingerprint density at radius 1 is 1.42 bits per heavy atom. The van der Waals surface area contributed by atoms with E-state index in [0.29, 0.717) is 17.1 Å². The van der Waals surface area contributed by atoms with Gasteiger partial charge in [0.2, 0.25) is 0 Å². The molecule has 19 heavy (non-hydrogen) atoms. The lowest BCUT2D eigenvalue weighted by Gasteiger charge is -2.11. The molecule has 0 aliphatic rings. The van der Waals surface area contributed by atoms with Crippen molar-refractivity contribution in [3.63, 3.8) is 0 Å².